The van der Waals surface area contributed by atoms with Crippen LogP contribution in [-0.2, 0) is 0 Å². The number of fused-ring (bicyclic) bond motifs is 1. The minimum atomic E-state index is -0.284. The van der Waals surface area contributed by atoms with Gasteiger partial charge in [0.15, 0.2) is 0 Å². The van der Waals surface area contributed by atoms with Gasteiger partial charge in [-0.05, 0) is 41.3 Å². The summed E-state index contributed by atoms with van der Waals surface area (Å²) in [6.45, 7) is 0. The lowest BCUT2D eigenvalue weighted by molar-refractivity contribution is 0.630. The number of thiophene rings is 1. The summed E-state index contributed by atoms with van der Waals surface area (Å²) in [5.41, 5.74) is 7.64. The Morgan fingerprint density at radius 1 is 1.19 bits per heavy atom. The molecule has 0 aliphatic heterocycles. The second-order valence-electron chi connectivity index (χ2n) is 4.43. The molecule has 0 saturated carbocycles. The van der Waals surface area contributed by atoms with Crippen molar-refractivity contribution in [1.82, 2.24) is 4.98 Å². The van der Waals surface area contributed by atoms with Crippen molar-refractivity contribution in [2.24, 2.45) is 5.73 Å². The Bertz CT molecular complexity index is 875. The van der Waals surface area contributed by atoms with Crippen LogP contribution < -0.4 is 5.73 Å². The van der Waals surface area contributed by atoms with Crippen molar-refractivity contribution < 1.29 is 4.39 Å². The lowest BCUT2D eigenvalue weighted by Gasteiger charge is -2.03. The van der Waals surface area contributed by atoms with Gasteiger partial charge in [-0.2, -0.15) is 5.26 Å². The SMILES string of the molecule is N#C/C(=C(/N)c1cc2ccc(F)cc2s1)c1ccncc1. The standard InChI is InChI=1S/C16H10FN3S/c17-12-2-1-11-7-15(21-14(11)8-12)16(19)13(9-18)10-3-5-20-6-4-10/h1-8H,19H2/b16-13-. The molecular weight excluding hydrogens is 285 g/mol. The molecule has 102 valence electrons. The van der Waals surface area contributed by atoms with Crippen LogP contribution in [0.5, 0.6) is 0 Å². The summed E-state index contributed by atoms with van der Waals surface area (Å²) in [4.78, 5) is 4.68. The van der Waals surface area contributed by atoms with E-state index in [1.165, 1.54) is 23.5 Å². The number of pyridine rings is 1. The third-order valence-electron chi connectivity index (χ3n) is 3.10. The number of hydrogen-bond acceptors (Lipinski definition) is 4. The van der Waals surface area contributed by atoms with E-state index in [2.05, 4.69) is 11.1 Å². The number of halogens is 1. The normalized spacial score (nSPS) is 12.0. The van der Waals surface area contributed by atoms with Gasteiger partial charge in [0.25, 0.3) is 0 Å². The summed E-state index contributed by atoms with van der Waals surface area (Å²) >= 11 is 1.37. The lowest BCUT2D eigenvalue weighted by Crippen LogP contribution is -1.98. The van der Waals surface area contributed by atoms with Crippen LogP contribution in [0, 0.1) is 17.1 Å². The van der Waals surface area contributed by atoms with Crippen molar-refractivity contribution in [1.29, 1.82) is 5.26 Å². The molecule has 2 aromatic heterocycles. The molecule has 0 aliphatic rings. The largest absolute Gasteiger partial charge is 0.396 e. The fraction of sp³-hybridized carbons (Fsp3) is 0. The van der Waals surface area contributed by atoms with Crippen LogP contribution in [0.4, 0.5) is 4.39 Å². The first-order valence-electron chi connectivity index (χ1n) is 6.19. The summed E-state index contributed by atoms with van der Waals surface area (Å²) < 4.78 is 14.0. The number of allylic oxidation sites excluding steroid dienone is 1. The van der Waals surface area contributed by atoms with Crippen molar-refractivity contribution in [3.63, 3.8) is 0 Å². The van der Waals surface area contributed by atoms with Gasteiger partial charge in [-0.15, -0.1) is 11.3 Å². The predicted molar refractivity (Wildman–Crippen MR) is 82.6 cm³/mol. The van der Waals surface area contributed by atoms with Crippen LogP contribution in [0.3, 0.4) is 0 Å². The monoisotopic (exact) mass is 295 g/mol. The molecule has 1 aromatic carbocycles. The minimum absolute atomic E-state index is 0.284. The average molecular weight is 295 g/mol. The second kappa shape index (κ2) is 5.35. The molecule has 21 heavy (non-hydrogen) atoms. The van der Waals surface area contributed by atoms with Crippen molar-refractivity contribution in [2.45, 2.75) is 0 Å². The van der Waals surface area contributed by atoms with Crippen molar-refractivity contribution in [3.8, 4) is 6.07 Å². The third kappa shape index (κ3) is 2.49. The number of nitrogens with zero attached hydrogens (tertiary/aromatic N) is 2. The summed E-state index contributed by atoms with van der Waals surface area (Å²) in [6, 6.07) is 12.1. The zero-order valence-corrected chi connectivity index (χ0v) is 11.7. The van der Waals surface area contributed by atoms with Crippen LogP contribution in [0.2, 0.25) is 0 Å². The zero-order valence-electron chi connectivity index (χ0n) is 10.9. The summed E-state index contributed by atoms with van der Waals surface area (Å²) in [5.74, 6) is -0.284. The average Bonchev–Trinajstić information content (AvgIpc) is 2.92. The van der Waals surface area contributed by atoms with Crippen LogP contribution >= 0.6 is 11.3 Å². The minimum Gasteiger partial charge on any atom is -0.396 e. The van der Waals surface area contributed by atoms with E-state index in [0.717, 1.165) is 15.0 Å². The maximum absolute atomic E-state index is 13.2. The molecular formula is C16H10FN3S. The van der Waals surface area contributed by atoms with E-state index in [9.17, 15) is 9.65 Å². The van der Waals surface area contributed by atoms with Crippen LogP contribution in [0.15, 0.2) is 48.8 Å². The molecule has 0 unspecified atom stereocenters. The molecule has 0 aliphatic carbocycles. The number of nitriles is 1. The van der Waals surface area contributed by atoms with E-state index in [-0.39, 0.29) is 5.82 Å². The number of benzene rings is 1. The fourth-order valence-corrected chi connectivity index (χ4v) is 3.11. The van der Waals surface area contributed by atoms with Gasteiger partial charge in [-0.1, -0.05) is 6.07 Å². The van der Waals surface area contributed by atoms with E-state index in [4.69, 9.17) is 5.73 Å². The molecule has 0 amide bonds. The van der Waals surface area contributed by atoms with E-state index in [0.29, 0.717) is 16.8 Å². The van der Waals surface area contributed by atoms with Crippen molar-refractivity contribution >= 4 is 32.7 Å². The first kappa shape index (κ1) is 13.3. The highest BCUT2D eigenvalue weighted by molar-refractivity contribution is 7.20. The Hall–Kier alpha value is -2.71. The van der Waals surface area contributed by atoms with Gasteiger partial charge in [-0.3, -0.25) is 4.98 Å². The van der Waals surface area contributed by atoms with Gasteiger partial charge in [0.1, 0.15) is 11.9 Å². The number of aromatic nitrogens is 1. The molecule has 0 atom stereocenters. The molecule has 0 bridgehead atoms. The summed E-state index contributed by atoms with van der Waals surface area (Å²) in [6.07, 6.45) is 3.22. The molecule has 5 heteroatoms. The maximum Gasteiger partial charge on any atom is 0.124 e. The van der Waals surface area contributed by atoms with Crippen LogP contribution in [-0.4, -0.2) is 4.98 Å². The molecule has 3 aromatic rings. The Morgan fingerprint density at radius 2 is 1.95 bits per heavy atom. The Kier molecular flexibility index (Phi) is 3.38. The number of hydrogen-bond donors (Lipinski definition) is 1. The lowest BCUT2D eigenvalue weighted by atomic mass is 10.1. The first-order chi connectivity index (χ1) is 10.2. The second-order valence-corrected chi connectivity index (χ2v) is 5.51. The van der Waals surface area contributed by atoms with E-state index in [1.807, 2.05) is 6.07 Å². The first-order valence-corrected chi connectivity index (χ1v) is 7.00. The quantitative estimate of drug-likeness (QED) is 0.732. The van der Waals surface area contributed by atoms with Crippen LogP contribution in [0.1, 0.15) is 10.4 Å². The van der Waals surface area contributed by atoms with Gasteiger partial charge in [-0.25, -0.2) is 4.39 Å². The molecule has 3 nitrogen and oxygen atoms in total. The molecule has 0 spiro atoms. The van der Waals surface area contributed by atoms with Crippen LogP contribution in [0.25, 0.3) is 21.4 Å². The molecule has 0 radical (unpaired) electrons. The zero-order chi connectivity index (χ0) is 14.8. The molecule has 2 N–H and O–H groups in total. The van der Waals surface area contributed by atoms with Gasteiger partial charge in [0, 0.05) is 17.1 Å². The summed E-state index contributed by atoms with van der Waals surface area (Å²) in [5, 5.41) is 10.3. The Balaban J connectivity index is 2.16. The van der Waals surface area contributed by atoms with E-state index >= 15 is 0 Å². The van der Waals surface area contributed by atoms with Gasteiger partial charge < -0.3 is 5.73 Å². The topological polar surface area (TPSA) is 62.7 Å². The van der Waals surface area contributed by atoms with Gasteiger partial charge in [0.05, 0.1) is 16.1 Å². The molecule has 2 heterocycles. The highest BCUT2D eigenvalue weighted by Gasteiger charge is 2.11. The van der Waals surface area contributed by atoms with Crippen molar-refractivity contribution in [3.05, 3.63) is 65.0 Å². The number of nitrogens with two attached hydrogens (primary N) is 1. The smallest absolute Gasteiger partial charge is 0.124 e. The van der Waals surface area contributed by atoms with E-state index in [1.54, 1.807) is 30.6 Å². The maximum atomic E-state index is 13.2. The third-order valence-corrected chi connectivity index (χ3v) is 4.23. The highest BCUT2D eigenvalue weighted by Crippen LogP contribution is 2.32. The number of rotatable bonds is 2. The predicted octanol–water partition coefficient (Wildman–Crippen LogP) is 3.79. The highest BCUT2D eigenvalue weighted by atomic mass is 32.1. The molecule has 0 saturated heterocycles. The van der Waals surface area contributed by atoms with Crippen molar-refractivity contribution in [2.75, 3.05) is 0 Å². The Labute approximate surface area is 124 Å². The van der Waals surface area contributed by atoms with E-state index < -0.39 is 0 Å². The van der Waals surface area contributed by atoms with Gasteiger partial charge in [0.2, 0.25) is 0 Å². The molecule has 3 rings (SSSR count). The molecule has 0 fully saturated rings. The summed E-state index contributed by atoms with van der Waals surface area (Å²) in [7, 11) is 0. The fourth-order valence-electron chi connectivity index (χ4n) is 2.06. The van der Waals surface area contributed by atoms with Gasteiger partial charge >= 0.3 is 0 Å². The Morgan fingerprint density at radius 3 is 2.67 bits per heavy atom.